The minimum atomic E-state index is -0.308. The summed E-state index contributed by atoms with van der Waals surface area (Å²) in [5.74, 6) is 1.41. The van der Waals surface area contributed by atoms with Crippen LogP contribution in [0.15, 0.2) is 99.1 Å². The number of nitrogens with two attached hydrogens (primary N) is 3. The van der Waals surface area contributed by atoms with Crippen LogP contribution in [0, 0.1) is 11.8 Å². The number of likely N-dealkylation sites (tertiary alicyclic amines) is 1. The number of aliphatic hydroxyl groups is 1. The second kappa shape index (κ2) is 25.0. The van der Waals surface area contributed by atoms with E-state index >= 15 is 0 Å². The highest BCUT2D eigenvalue weighted by Gasteiger charge is 2.31. The van der Waals surface area contributed by atoms with Crippen molar-refractivity contribution in [1.82, 2.24) is 15.4 Å². The van der Waals surface area contributed by atoms with E-state index in [1.165, 1.54) is 0 Å². The first-order chi connectivity index (χ1) is 26.1. The number of para-hydroxylation sites is 1. The second-order valence-electron chi connectivity index (χ2n) is 13.3. The van der Waals surface area contributed by atoms with Gasteiger partial charge in [-0.3, -0.25) is 9.98 Å². The van der Waals surface area contributed by atoms with Crippen molar-refractivity contribution in [3.05, 3.63) is 96.0 Å². The summed E-state index contributed by atoms with van der Waals surface area (Å²) in [5, 5.41) is 24.3. The van der Waals surface area contributed by atoms with Crippen LogP contribution in [0.1, 0.15) is 83.5 Å². The van der Waals surface area contributed by atoms with Gasteiger partial charge in [0.2, 0.25) is 0 Å². The van der Waals surface area contributed by atoms with Crippen molar-refractivity contribution < 1.29 is 24.3 Å². The third-order valence-corrected chi connectivity index (χ3v) is 9.17. The molecule has 0 radical (unpaired) electrons. The van der Waals surface area contributed by atoms with Crippen LogP contribution in [-0.4, -0.2) is 77.9 Å². The predicted octanol–water partition coefficient (Wildman–Crippen LogP) is 5.76. The van der Waals surface area contributed by atoms with Crippen molar-refractivity contribution in [1.29, 1.82) is 0 Å². The first-order valence-electron chi connectivity index (χ1n) is 18.6. The SMILES string of the molecule is C=CC.CC=N/C=C(\C=NC=CCNC(/C=C(\N)c1ccccc1O)=C(N)N)C1CCN(C2CCC(Oc3cc(C(C=O)C(C)C)on3)CC2)CC1.CO. The molecule has 1 aliphatic carbocycles. The second-order valence-corrected chi connectivity index (χ2v) is 13.3. The number of phenols is 1. The van der Waals surface area contributed by atoms with Gasteiger partial charge in [0.15, 0.2) is 5.76 Å². The summed E-state index contributed by atoms with van der Waals surface area (Å²) in [6, 6.07) is 9.11. The molecular weight excluding hydrogens is 685 g/mol. The number of benzene rings is 1. The number of allylic oxidation sites excluding steroid dienone is 3. The first-order valence-corrected chi connectivity index (χ1v) is 18.6. The number of aromatic nitrogens is 1. The number of rotatable bonds is 15. The van der Waals surface area contributed by atoms with Gasteiger partial charge < -0.3 is 51.7 Å². The standard InChI is InChI=1S/C37H52N8O4.C3H6.CH4O/c1-4-41-22-27(23-42-16-7-17-43-33(37(39)40)20-32(38)30-8-5-6-9-34(30)47)26-14-18-45(19-15-26)28-10-12-29(13-11-28)48-36-21-35(49-44-36)31(24-46)25(2)3;1-3-2;1-2/h4-9,16,20-26,28-29,31,43,47H,10-15,17-19,38-40H2,1-3H3;3H,1H2,2H3;2H,1H3/b16-7?,27-22+,32-20-,41-4?,42-23?;;. The Morgan fingerprint density at radius 1 is 1.09 bits per heavy atom. The monoisotopic (exact) mass is 746 g/mol. The molecular formula is C41H62N8O5. The maximum absolute atomic E-state index is 11.4. The summed E-state index contributed by atoms with van der Waals surface area (Å²) >= 11 is 0. The highest BCUT2D eigenvalue weighted by molar-refractivity contribution is 5.80. The minimum Gasteiger partial charge on any atom is -0.507 e. The molecule has 13 heteroatoms. The van der Waals surface area contributed by atoms with E-state index in [1.807, 2.05) is 46.2 Å². The molecule has 0 amide bonds. The van der Waals surface area contributed by atoms with Crippen molar-refractivity contribution in [3.63, 3.8) is 0 Å². The van der Waals surface area contributed by atoms with Gasteiger partial charge in [-0.05, 0) is 112 Å². The van der Waals surface area contributed by atoms with E-state index in [0.29, 0.717) is 47.1 Å². The topological polar surface area (TPSA) is 211 Å². The molecule has 4 rings (SSSR count). The Hall–Kier alpha value is -5.14. The van der Waals surface area contributed by atoms with Gasteiger partial charge in [-0.25, -0.2) is 0 Å². The van der Waals surface area contributed by atoms with Crippen molar-refractivity contribution in [2.45, 2.75) is 84.3 Å². The zero-order valence-electron chi connectivity index (χ0n) is 32.6. The molecule has 296 valence electrons. The Balaban J connectivity index is 0.00000192. The van der Waals surface area contributed by atoms with Crippen molar-refractivity contribution in [2.24, 2.45) is 39.0 Å². The number of aliphatic imine (C=N–C) groups is 2. The van der Waals surface area contributed by atoms with Crippen LogP contribution in [0.4, 0.5) is 0 Å². The quantitative estimate of drug-likeness (QED) is 0.0559. The van der Waals surface area contributed by atoms with E-state index in [2.05, 4.69) is 31.9 Å². The number of carbonyl (C=O) groups is 1. The average Bonchev–Trinajstić information content (AvgIpc) is 3.63. The van der Waals surface area contributed by atoms with E-state index in [1.54, 1.807) is 54.9 Å². The number of aliphatic hydroxyl groups excluding tert-OH is 1. The Bertz CT molecular complexity index is 1590. The van der Waals surface area contributed by atoms with Crippen LogP contribution in [0.3, 0.4) is 0 Å². The normalized spacial score (nSPS) is 19.2. The molecule has 1 saturated heterocycles. The smallest absolute Gasteiger partial charge is 0.254 e. The molecule has 54 heavy (non-hydrogen) atoms. The van der Waals surface area contributed by atoms with Gasteiger partial charge in [-0.2, -0.15) is 0 Å². The lowest BCUT2D eigenvalue weighted by Gasteiger charge is -2.40. The molecule has 9 N–H and O–H groups in total. The molecule has 1 aromatic heterocycles. The van der Waals surface area contributed by atoms with E-state index < -0.39 is 0 Å². The molecule has 1 atom stereocenters. The molecule has 2 aromatic rings. The molecule has 2 aliphatic rings. The predicted molar refractivity (Wildman–Crippen MR) is 219 cm³/mol. The number of hydrogen-bond acceptors (Lipinski definition) is 13. The van der Waals surface area contributed by atoms with Crippen LogP contribution >= 0.6 is 0 Å². The van der Waals surface area contributed by atoms with E-state index in [4.69, 9.17) is 31.6 Å². The van der Waals surface area contributed by atoms with Crippen LogP contribution in [0.25, 0.3) is 5.70 Å². The summed E-state index contributed by atoms with van der Waals surface area (Å²) in [5.41, 5.74) is 20.3. The summed E-state index contributed by atoms with van der Waals surface area (Å²) in [4.78, 5) is 23.0. The maximum Gasteiger partial charge on any atom is 0.254 e. The van der Waals surface area contributed by atoms with Gasteiger partial charge in [0.25, 0.3) is 5.88 Å². The minimum absolute atomic E-state index is 0.0761. The van der Waals surface area contributed by atoms with Gasteiger partial charge in [-0.15, -0.1) is 6.58 Å². The summed E-state index contributed by atoms with van der Waals surface area (Å²) in [7, 11) is 1.00. The number of piperidine rings is 1. The maximum atomic E-state index is 11.4. The summed E-state index contributed by atoms with van der Waals surface area (Å²) in [6.45, 7) is 13.6. The molecule has 0 spiro atoms. The first kappa shape index (κ1) is 45.0. The van der Waals surface area contributed by atoms with Gasteiger partial charge in [0.1, 0.15) is 24.0 Å². The van der Waals surface area contributed by atoms with Crippen LogP contribution in [0.5, 0.6) is 11.6 Å². The van der Waals surface area contributed by atoms with Gasteiger partial charge in [-0.1, -0.05) is 32.1 Å². The zero-order chi connectivity index (χ0) is 39.9. The van der Waals surface area contributed by atoms with E-state index in [9.17, 15) is 9.90 Å². The lowest BCUT2D eigenvalue weighted by atomic mass is 9.86. The number of ether oxygens (including phenoxy) is 1. The summed E-state index contributed by atoms with van der Waals surface area (Å²) in [6.07, 6.45) is 19.7. The molecule has 1 aliphatic heterocycles. The molecule has 1 aromatic carbocycles. The van der Waals surface area contributed by atoms with Crippen LogP contribution < -0.4 is 27.3 Å². The highest BCUT2D eigenvalue weighted by atomic mass is 16.5. The van der Waals surface area contributed by atoms with Crippen LogP contribution in [-0.2, 0) is 4.79 Å². The Kier molecular flexibility index (Phi) is 20.8. The highest BCUT2D eigenvalue weighted by Crippen LogP contribution is 2.32. The number of phenolic OH excluding ortho intramolecular Hbond substituents is 1. The van der Waals surface area contributed by atoms with Gasteiger partial charge in [0, 0.05) is 61.9 Å². The molecule has 2 fully saturated rings. The Labute approximate surface area is 321 Å². The van der Waals surface area contributed by atoms with E-state index in [-0.39, 0.29) is 29.5 Å². The van der Waals surface area contributed by atoms with Gasteiger partial charge >= 0.3 is 0 Å². The Morgan fingerprint density at radius 3 is 2.35 bits per heavy atom. The van der Waals surface area contributed by atoms with Gasteiger partial charge in [0.05, 0.1) is 11.6 Å². The molecule has 2 heterocycles. The fourth-order valence-corrected chi connectivity index (χ4v) is 6.34. The van der Waals surface area contributed by atoms with Crippen molar-refractivity contribution >= 4 is 24.4 Å². The third-order valence-electron chi connectivity index (χ3n) is 9.17. The van der Waals surface area contributed by atoms with E-state index in [0.717, 1.165) is 70.6 Å². The lowest BCUT2D eigenvalue weighted by Crippen LogP contribution is -2.44. The number of aromatic hydroxyl groups is 1. The third kappa shape index (κ3) is 14.7. The fraction of sp³-hybridized carbons (Fsp3) is 0.463. The zero-order valence-corrected chi connectivity index (χ0v) is 32.6. The van der Waals surface area contributed by atoms with Crippen molar-refractivity contribution in [3.8, 4) is 11.6 Å². The largest absolute Gasteiger partial charge is 0.507 e. The number of hydrogen-bond donors (Lipinski definition) is 6. The summed E-state index contributed by atoms with van der Waals surface area (Å²) < 4.78 is 11.5. The number of nitrogens with one attached hydrogen (secondary N) is 1. The average molecular weight is 747 g/mol. The lowest BCUT2D eigenvalue weighted by molar-refractivity contribution is -0.110. The number of carbonyl (C=O) groups excluding carboxylic acids is 1. The van der Waals surface area contributed by atoms with Crippen molar-refractivity contribution in [2.75, 3.05) is 26.7 Å². The molecule has 0 bridgehead atoms. The molecule has 13 nitrogen and oxygen atoms in total. The number of nitrogens with zero attached hydrogens (tertiary/aromatic N) is 4. The fourth-order valence-electron chi connectivity index (χ4n) is 6.34. The molecule has 1 unspecified atom stereocenters. The van der Waals surface area contributed by atoms with Crippen LogP contribution in [0.2, 0.25) is 0 Å². The Morgan fingerprint density at radius 2 is 1.76 bits per heavy atom. The molecule has 1 saturated carbocycles. The number of aldehydes is 1.